The molecule has 0 saturated carbocycles. The van der Waals surface area contributed by atoms with E-state index in [9.17, 15) is 0 Å². The van der Waals surface area contributed by atoms with Gasteiger partial charge in [-0.1, -0.05) is 34.8 Å². The van der Waals surface area contributed by atoms with Gasteiger partial charge in [0.1, 0.15) is 11.6 Å². The van der Waals surface area contributed by atoms with Crippen molar-refractivity contribution in [3.63, 3.8) is 0 Å². The first-order valence-corrected chi connectivity index (χ1v) is 5.85. The molecule has 1 aromatic heterocycles. The second-order valence-corrected chi connectivity index (χ2v) is 4.53. The van der Waals surface area contributed by atoms with Crippen molar-refractivity contribution >= 4 is 40.8 Å². The summed E-state index contributed by atoms with van der Waals surface area (Å²) in [5.74, 6) is -0.0278. The van der Waals surface area contributed by atoms with E-state index in [0.717, 1.165) is 0 Å². The molecule has 0 saturated heterocycles. The summed E-state index contributed by atoms with van der Waals surface area (Å²) in [7, 11) is 0. The quantitative estimate of drug-likeness (QED) is 0.817. The summed E-state index contributed by atoms with van der Waals surface area (Å²) >= 11 is 17.7. The first-order chi connectivity index (χ1) is 8.52. The maximum Gasteiger partial charge on any atom is 0.222 e. The molecule has 2 rings (SSSR count). The lowest BCUT2D eigenvalue weighted by Gasteiger charge is -2.07. The van der Waals surface area contributed by atoms with E-state index in [1.807, 2.05) is 6.07 Å². The Morgan fingerprint density at radius 3 is 2.50 bits per heavy atom. The monoisotopic (exact) mass is 298 g/mol. The lowest BCUT2D eigenvalue weighted by atomic mass is 10.1. The molecule has 0 aliphatic heterocycles. The molecule has 1 heterocycles. The molecule has 2 N–H and O–H groups in total. The van der Waals surface area contributed by atoms with E-state index >= 15 is 0 Å². The summed E-state index contributed by atoms with van der Waals surface area (Å²) in [5.41, 5.74) is 6.45. The zero-order chi connectivity index (χ0) is 13.3. The van der Waals surface area contributed by atoms with E-state index in [4.69, 9.17) is 45.8 Å². The van der Waals surface area contributed by atoms with Gasteiger partial charge < -0.3 is 5.73 Å². The highest BCUT2D eigenvalue weighted by Crippen LogP contribution is 2.33. The summed E-state index contributed by atoms with van der Waals surface area (Å²) < 4.78 is 0. The molecular formula is C11H5Cl3N4. The molecule has 0 bridgehead atoms. The molecule has 18 heavy (non-hydrogen) atoms. The highest BCUT2D eigenvalue weighted by Gasteiger charge is 2.16. The Morgan fingerprint density at radius 1 is 1.17 bits per heavy atom. The molecule has 7 heteroatoms. The molecular weight excluding hydrogens is 295 g/mol. The van der Waals surface area contributed by atoms with Gasteiger partial charge in [0.15, 0.2) is 5.15 Å². The van der Waals surface area contributed by atoms with Crippen molar-refractivity contribution in [2.24, 2.45) is 0 Å². The summed E-state index contributed by atoms with van der Waals surface area (Å²) in [6.45, 7) is 0. The third-order valence-corrected chi connectivity index (χ3v) is 3.00. The van der Waals surface area contributed by atoms with Crippen LogP contribution in [0.5, 0.6) is 0 Å². The summed E-state index contributed by atoms with van der Waals surface area (Å²) in [6, 6.07) is 6.75. The number of halogens is 3. The van der Waals surface area contributed by atoms with Crippen molar-refractivity contribution in [3.8, 4) is 17.3 Å². The topological polar surface area (TPSA) is 75.6 Å². The number of nitrogen functional groups attached to an aromatic ring is 1. The standard InChI is InChI=1S/C11H5Cl3N4/c12-5-1-2-6(8(13)3-5)9-7(4-15)10(14)18-11(16)17-9/h1-3H,(H2,16,17,18). The third-order valence-electron chi connectivity index (χ3n) is 2.18. The molecule has 0 amide bonds. The van der Waals surface area contributed by atoms with Crippen LogP contribution < -0.4 is 5.73 Å². The first-order valence-electron chi connectivity index (χ1n) is 4.71. The van der Waals surface area contributed by atoms with Crippen LogP contribution in [0.3, 0.4) is 0 Å². The number of rotatable bonds is 1. The average molecular weight is 300 g/mol. The fourth-order valence-corrected chi connectivity index (χ4v) is 2.14. The molecule has 0 atom stereocenters. The van der Waals surface area contributed by atoms with Crippen LogP contribution in [0.1, 0.15) is 5.56 Å². The van der Waals surface area contributed by atoms with Gasteiger partial charge in [-0.2, -0.15) is 10.2 Å². The highest BCUT2D eigenvalue weighted by atomic mass is 35.5. The van der Waals surface area contributed by atoms with Crippen molar-refractivity contribution in [1.29, 1.82) is 5.26 Å². The summed E-state index contributed by atoms with van der Waals surface area (Å²) in [4.78, 5) is 7.72. The predicted molar refractivity (Wildman–Crippen MR) is 71.6 cm³/mol. The van der Waals surface area contributed by atoms with Crippen LogP contribution in [0.2, 0.25) is 15.2 Å². The van der Waals surface area contributed by atoms with E-state index in [2.05, 4.69) is 9.97 Å². The van der Waals surface area contributed by atoms with Gasteiger partial charge in [0, 0.05) is 10.6 Å². The lowest BCUT2D eigenvalue weighted by Crippen LogP contribution is -2.00. The zero-order valence-electron chi connectivity index (χ0n) is 8.78. The molecule has 0 fully saturated rings. The van der Waals surface area contributed by atoms with Gasteiger partial charge in [0.2, 0.25) is 5.95 Å². The van der Waals surface area contributed by atoms with Gasteiger partial charge >= 0.3 is 0 Å². The zero-order valence-corrected chi connectivity index (χ0v) is 11.1. The van der Waals surface area contributed by atoms with Gasteiger partial charge in [-0.3, -0.25) is 0 Å². The molecule has 0 radical (unpaired) electrons. The Morgan fingerprint density at radius 2 is 1.89 bits per heavy atom. The normalized spacial score (nSPS) is 10.1. The van der Waals surface area contributed by atoms with Crippen molar-refractivity contribution in [3.05, 3.63) is 39.0 Å². The van der Waals surface area contributed by atoms with Gasteiger partial charge in [0.05, 0.1) is 10.7 Å². The van der Waals surface area contributed by atoms with Gasteiger partial charge in [-0.25, -0.2) is 4.98 Å². The van der Waals surface area contributed by atoms with Crippen molar-refractivity contribution in [2.45, 2.75) is 0 Å². The van der Waals surface area contributed by atoms with Crippen LogP contribution in [-0.4, -0.2) is 9.97 Å². The Labute approximate surface area is 118 Å². The Balaban J connectivity index is 2.75. The molecule has 4 nitrogen and oxygen atoms in total. The number of nitrogens with two attached hydrogens (primary N) is 1. The third kappa shape index (κ3) is 2.34. The van der Waals surface area contributed by atoms with E-state index in [1.165, 1.54) is 0 Å². The minimum Gasteiger partial charge on any atom is -0.368 e. The number of aromatic nitrogens is 2. The number of nitriles is 1. The van der Waals surface area contributed by atoms with E-state index in [0.29, 0.717) is 15.6 Å². The van der Waals surface area contributed by atoms with E-state index < -0.39 is 0 Å². The minimum absolute atomic E-state index is 0.00832. The smallest absolute Gasteiger partial charge is 0.222 e. The van der Waals surface area contributed by atoms with Crippen molar-refractivity contribution in [2.75, 3.05) is 5.73 Å². The predicted octanol–water partition coefficient (Wildman–Crippen LogP) is 3.56. The van der Waals surface area contributed by atoms with Crippen LogP contribution >= 0.6 is 34.8 Å². The average Bonchev–Trinajstić information content (AvgIpc) is 2.28. The minimum atomic E-state index is -0.0278. The fourth-order valence-electron chi connectivity index (χ4n) is 1.43. The van der Waals surface area contributed by atoms with Crippen LogP contribution in [-0.2, 0) is 0 Å². The Hall–Kier alpha value is -1.54. The fraction of sp³-hybridized carbons (Fsp3) is 0. The second kappa shape index (κ2) is 4.99. The SMILES string of the molecule is N#Cc1c(Cl)nc(N)nc1-c1ccc(Cl)cc1Cl. The maximum absolute atomic E-state index is 9.07. The van der Waals surface area contributed by atoms with Crippen LogP contribution in [0.4, 0.5) is 5.95 Å². The summed E-state index contributed by atoms with van der Waals surface area (Å²) in [5, 5.41) is 9.90. The first kappa shape index (κ1) is 12.9. The van der Waals surface area contributed by atoms with Crippen LogP contribution in [0, 0.1) is 11.3 Å². The number of benzene rings is 1. The van der Waals surface area contributed by atoms with E-state index in [-0.39, 0.29) is 22.4 Å². The maximum atomic E-state index is 9.07. The number of anilines is 1. The Bertz CT molecular complexity index is 664. The molecule has 90 valence electrons. The molecule has 0 spiro atoms. The molecule has 0 unspecified atom stereocenters. The number of hydrogen-bond acceptors (Lipinski definition) is 4. The van der Waals surface area contributed by atoms with Gasteiger partial charge in [-0.15, -0.1) is 0 Å². The number of hydrogen-bond donors (Lipinski definition) is 1. The molecule has 0 aliphatic rings. The van der Waals surface area contributed by atoms with Crippen molar-refractivity contribution < 1.29 is 0 Å². The number of nitrogens with zero attached hydrogens (tertiary/aromatic N) is 3. The van der Waals surface area contributed by atoms with Gasteiger partial charge in [-0.05, 0) is 18.2 Å². The largest absolute Gasteiger partial charge is 0.368 e. The Kier molecular flexibility index (Phi) is 3.58. The van der Waals surface area contributed by atoms with Crippen LogP contribution in [0.25, 0.3) is 11.3 Å². The van der Waals surface area contributed by atoms with Gasteiger partial charge in [0.25, 0.3) is 0 Å². The molecule has 1 aromatic carbocycles. The molecule has 0 aliphatic carbocycles. The molecule has 2 aromatic rings. The van der Waals surface area contributed by atoms with Crippen LogP contribution in [0.15, 0.2) is 18.2 Å². The summed E-state index contributed by atoms with van der Waals surface area (Å²) in [6.07, 6.45) is 0. The van der Waals surface area contributed by atoms with E-state index in [1.54, 1.807) is 18.2 Å². The lowest BCUT2D eigenvalue weighted by molar-refractivity contribution is 1.17. The second-order valence-electron chi connectivity index (χ2n) is 3.33. The highest BCUT2D eigenvalue weighted by molar-refractivity contribution is 6.36. The van der Waals surface area contributed by atoms with Crippen molar-refractivity contribution in [1.82, 2.24) is 9.97 Å².